The smallest absolute Gasteiger partial charge is 0.370 e. The van der Waals surface area contributed by atoms with Crippen molar-refractivity contribution in [3.05, 3.63) is 30.2 Å². The van der Waals surface area contributed by atoms with Crippen molar-refractivity contribution in [2.75, 3.05) is 47.8 Å². The van der Waals surface area contributed by atoms with Crippen molar-refractivity contribution in [1.29, 1.82) is 0 Å². The van der Waals surface area contributed by atoms with Crippen LogP contribution in [0.3, 0.4) is 0 Å². The predicted molar refractivity (Wildman–Crippen MR) is 96.4 cm³/mol. The van der Waals surface area contributed by atoms with Crippen LogP contribution in [0.2, 0.25) is 0 Å². The fourth-order valence-electron chi connectivity index (χ4n) is 3.04. The number of alkyl halides is 3. The molecule has 1 saturated heterocycles. The molecular formula is C16H18F3N9. The molecule has 0 unspecified atom stereocenters. The fourth-order valence-corrected chi connectivity index (χ4v) is 3.04. The fraction of sp³-hybridized carbons (Fsp3) is 0.438. The van der Waals surface area contributed by atoms with Crippen LogP contribution in [-0.4, -0.2) is 62.5 Å². The molecule has 148 valence electrons. The summed E-state index contributed by atoms with van der Waals surface area (Å²) in [6.07, 6.45) is -2.91. The van der Waals surface area contributed by atoms with Crippen LogP contribution in [0.5, 0.6) is 0 Å². The zero-order valence-electron chi connectivity index (χ0n) is 15.1. The average Bonchev–Trinajstić information content (AvgIpc) is 3.12. The van der Waals surface area contributed by atoms with Crippen LogP contribution >= 0.6 is 0 Å². The lowest BCUT2D eigenvalue weighted by molar-refractivity contribution is -0.146. The highest BCUT2D eigenvalue weighted by Gasteiger charge is 2.37. The molecular weight excluding hydrogens is 375 g/mol. The first-order chi connectivity index (χ1) is 13.5. The van der Waals surface area contributed by atoms with E-state index in [1.165, 1.54) is 6.07 Å². The van der Waals surface area contributed by atoms with Crippen LogP contribution in [0.1, 0.15) is 12.7 Å². The second-order valence-corrected chi connectivity index (χ2v) is 6.23. The molecule has 3 aromatic rings. The van der Waals surface area contributed by atoms with Crippen molar-refractivity contribution in [3.8, 4) is 0 Å². The van der Waals surface area contributed by atoms with E-state index in [4.69, 9.17) is 0 Å². The van der Waals surface area contributed by atoms with E-state index in [9.17, 15) is 13.2 Å². The third-order valence-electron chi connectivity index (χ3n) is 4.39. The maximum atomic E-state index is 13.0. The van der Waals surface area contributed by atoms with Crippen molar-refractivity contribution >= 4 is 23.2 Å². The molecule has 0 bridgehead atoms. The zero-order chi connectivity index (χ0) is 19.7. The molecule has 1 aliphatic heterocycles. The standard InChI is InChI=1S/C16H18F3N9/c1-2-20-11-5-6-21-15(22-11)27-9-7-26(8-10-27)13-4-3-12-23-24-14(16(17,18)19)28(12)25-13/h3-6H,2,7-10H2,1H3,(H,20,21,22). The van der Waals surface area contributed by atoms with E-state index >= 15 is 0 Å². The Balaban J connectivity index is 1.50. The molecule has 28 heavy (non-hydrogen) atoms. The molecule has 0 saturated carbocycles. The lowest BCUT2D eigenvalue weighted by Gasteiger charge is -2.35. The summed E-state index contributed by atoms with van der Waals surface area (Å²) in [5, 5.41) is 14.0. The first-order valence-corrected chi connectivity index (χ1v) is 8.82. The van der Waals surface area contributed by atoms with Crippen LogP contribution in [-0.2, 0) is 6.18 Å². The normalized spacial score (nSPS) is 15.3. The Morgan fingerprint density at radius 1 is 1.04 bits per heavy atom. The van der Waals surface area contributed by atoms with Gasteiger partial charge in [-0.1, -0.05) is 0 Å². The molecule has 1 aliphatic rings. The van der Waals surface area contributed by atoms with E-state index in [0.717, 1.165) is 16.9 Å². The molecule has 0 aliphatic carbocycles. The van der Waals surface area contributed by atoms with E-state index in [-0.39, 0.29) is 5.65 Å². The number of anilines is 3. The number of halogens is 3. The van der Waals surface area contributed by atoms with Gasteiger partial charge in [0.2, 0.25) is 5.95 Å². The van der Waals surface area contributed by atoms with Crippen LogP contribution < -0.4 is 15.1 Å². The van der Waals surface area contributed by atoms with Gasteiger partial charge in [-0.3, -0.25) is 0 Å². The molecule has 4 heterocycles. The van der Waals surface area contributed by atoms with Gasteiger partial charge in [-0.2, -0.15) is 22.7 Å². The van der Waals surface area contributed by atoms with Crippen molar-refractivity contribution in [3.63, 3.8) is 0 Å². The van der Waals surface area contributed by atoms with Crippen molar-refractivity contribution < 1.29 is 13.2 Å². The number of piperazine rings is 1. The van der Waals surface area contributed by atoms with Gasteiger partial charge in [0.05, 0.1) is 0 Å². The van der Waals surface area contributed by atoms with Gasteiger partial charge in [0.1, 0.15) is 11.6 Å². The van der Waals surface area contributed by atoms with Gasteiger partial charge in [-0.05, 0) is 25.1 Å². The third-order valence-corrected chi connectivity index (χ3v) is 4.39. The summed E-state index contributed by atoms with van der Waals surface area (Å²) < 4.78 is 39.9. The summed E-state index contributed by atoms with van der Waals surface area (Å²) >= 11 is 0. The number of aromatic nitrogens is 6. The highest BCUT2D eigenvalue weighted by Crippen LogP contribution is 2.28. The third kappa shape index (κ3) is 3.49. The Morgan fingerprint density at radius 2 is 1.79 bits per heavy atom. The van der Waals surface area contributed by atoms with E-state index in [2.05, 4.69) is 30.6 Å². The van der Waals surface area contributed by atoms with Crippen LogP contribution in [0.15, 0.2) is 24.4 Å². The Hall–Kier alpha value is -3.18. The summed E-state index contributed by atoms with van der Waals surface area (Å²) in [7, 11) is 0. The summed E-state index contributed by atoms with van der Waals surface area (Å²) in [5.41, 5.74) is 0.0587. The predicted octanol–water partition coefficient (Wildman–Crippen LogP) is 1.69. The van der Waals surface area contributed by atoms with Gasteiger partial charge in [0.25, 0.3) is 5.82 Å². The molecule has 0 atom stereocenters. The summed E-state index contributed by atoms with van der Waals surface area (Å²) in [4.78, 5) is 12.7. The summed E-state index contributed by atoms with van der Waals surface area (Å²) in [5.74, 6) is 0.699. The van der Waals surface area contributed by atoms with E-state index in [1.807, 2.05) is 16.7 Å². The first-order valence-electron chi connectivity index (χ1n) is 8.82. The Kier molecular flexibility index (Phi) is 4.61. The number of nitrogens with zero attached hydrogens (tertiary/aromatic N) is 8. The maximum Gasteiger partial charge on any atom is 0.453 e. The van der Waals surface area contributed by atoms with Crippen LogP contribution in [0, 0.1) is 0 Å². The van der Waals surface area contributed by atoms with Gasteiger partial charge >= 0.3 is 6.18 Å². The summed E-state index contributed by atoms with van der Waals surface area (Å²) in [6.45, 7) is 5.17. The van der Waals surface area contributed by atoms with Crippen molar-refractivity contribution in [2.24, 2.45) is 0 Å². The number of rotatable bonds is 4. The van der Waals surface area contributed by atoms with Crippen LogP contribution in [0.25, 0.3) is 5.65 Å². The van der Waals surface area contributed by atoms with E-state index in [0.29, 0.717) is 37.9 Å². The highest BCUT2D eigenvalue weighted by molar-refractivity contribution is 5.48. The van der Waals surface area contributed by atoms with Gasteiger partial charge in [0.15, 0.2) is 5.65 Å². The van der Waals surface area contributed by atoms with Crippen LogP contribution in [0.4, 0.5) is 30.8 Å². The number of nitrogens with one attached hydrogen (secondary N) is 1. The lowest BCUT2D eigenvalue weighted by Crippen LogP contribution is -2.47. The largest absolute Gasteiger partial charge is 0.453 e. The minimum atomic E-state index is -4.61. The molecule has 0 aromatic carbocycles. The van der Waals surface area contributed by atoms with E-state index < -0.39 is 12.0 Å². The maximum absolute atomic E-state index is 13.0. The van der Waals surface area contributed by atoms with Gasteiger partial charge in [0, 0.05) is 38.9 Å². The average molecular weight is 393 g/mol. The van der Waals surface area contributed by atoms with E-state index in [1.54, 1.807) is 18.3 Å². The Morgan fingerprint density at radius 3 is 2.50 bits per heavy atom. The zero-order valence-corrected chi connectivity index (χ0v) is 15.1. The van der Waals surface area contributed by atoms with Gasteiger partial charge in [-0.25, -0.2) is 4.98 Å². The molecule has 0 radical (unpaired) electrons. The molecule has 12 heteroatoms. The molecule has 0 amide bonds. The number of hydrogen-bond donors (Lipinski definition) is 1. The molecule has 1 N–H and O–H groups in total. The molecule has 9 nitrogen and oxygen atoms in total. The molecule has 1 fully saturated rings. The van der Waals surface area contributed by atoms with Gasteiger partial charge in [-0.15, -0.1) is 15.3 Å². The minimum Gasteiger partial charge on any atom is -0.370 e. The number of hydrogen-bond acceptors (Lipinski definition) is 8. The lowest BCUT2D eigenvalue weighted by atomic mass is 10.3. The molecule has 0 spiro atoms. The van der Waals surface area contributed by atoms with Crippen molar-refractivity contribution in [2.45, 2.75) is 13.1 Å². The Labute approximate surface area is 158 Å². The first kappa shape index (κ1) is 18.2. The van der Waals surface area contributed by atoms with Gasteiger partial charge < -0.3 is 15.1 Å². The second-order valence-electron chi connectivity index (χ2n) is 6.23. The number of fused-ring (bicyclic) bond motifs is 1. The second kappa shape index (κ2) is 7.09. The van der Waals surface area contributed by atoms with Crippen molar-refractivity contribution in [1.82, 2.24) is 29.8 Å². The summed E-state index contributed by atoms with van der Waals surface area (Å²) in [6, 6.07) is 4.95. The molecule has 4 rings (SSSR count). The SMILES string of the molecule is CCNc1ccnc(N2CCN(c3ccc4nnc(C(F)(F)F)n4n3)CC2)n1. The monoisotopic (exact) mass is 393 g/mol. The highest BCUT2D eigenvalue weighted by atomic mass is 19.4. The Bertz CT molecular complexity index is 963. The quantitative estimate of drug-likeness (QED) is 0.717. The molecule has 3 aromatic heterocycles. The topological polar surface area (TPSA) is 87.4 Å². The minimum absolute atomic E-state index is 0.0587.